The van der Waals surface area contributed by atoms with Crippen molar-refractivity contribution in [2.24, 2.45) is 11.8 Å². The zero-order valence-corrected chi connectivity index (χ0v) is 12.0. The predicted octanol–water partition coefficient (Wildman–Crippen LogP) is 4.12. The molecule has 1 aliphatic rings. The first-order valence-electron chi connectivity index (χ1n) is 7.15. The highest BCUT2D eigenvalue weighted by atomic mass is 19.4. The third-order valence-corrected chi connectivity index (χ3v) is 4.22. The summed E-state index contributed by atoms with van der Waals surface area (Å²) in [6.07, 6.45) is -3.68. The van der Waals surface area contributed by atoms with Gasteiger partial charge in [-0.3, -0.25) is 4.79 Å². The summed E-state index contributed by atoms with van der Waals surface area (Å²) in [7, 11) is 0. The highest BCUT2D eigenvalue weighted by Gasteiger charge is 2.55. The molecular formula is C18H13F3O2. The number of carbonyl (C=O) groups is 2. The standard InChI is InChI=1S/C18H13F3O2/c19-18(20,21)13-8-6-11(7-9-13)15-14(10-22)16(15)17(23)12-4-2-1-3-5-12/h1-10,14-16H/t14-,15-,16-/m1/s1. The average molecular weight is 318 g/mol. The number of hydrogen-bond donors (Lipinski definition) is 0. The van der Waals surface area contributed by atoms with Crippen molar-refractivity contribution in [2.45, 2.75) is 12.1 Å². The van der Waals surface area contributed by atoms with Gasteiger partial charge in [-0.1, -0.05) is 42.5 Å². The average Bonchev–Trinajstić information content (AvgIpc) is 3.28. The van der Waals surface area contributed by atoms with Crippen LogP contribution < -0.4 is 0 Å². The number of alkyl halides is 3. The first-order valence-corrected chi connectivity index (χ1v) is 7.15. The third-order valence-electron chi connectivity index (χ3n) is 4.22. The second-order valence-corrected chi connectivity index (χ2v) is 5.62. The number of Topliss-reactive ketones (excluding diaryl/α,β-unsaturated/α-hetero) is 1. The summed E-state index contributed by atoms with van der Waals surface area (Å²) in [5.41, 5.74) is 0.360. The van der Waals surface area contributed by atoms with Crippen LogP contribution in [0.1, 0.15) is 27.4 Å². The van der Waals surface area contributed by atoms with Gasteiger partial charge >= 0.3 is 6.18 Å². The van der Waals surface area contributed by atoms with Gasteiger partial charge in [-0.15, -0.1) is 0 Å². The van der Waals surface area contributed by atoms with Crippen molar-refractivity contribution < 1.29 is 22.8 Å². The Hall–Kier alpha value is -2.43. The molecule has 0 aromatic heterocycles. The lowest BCUT2D eigenvalue weighted by Crippen LogP contribution is -2.05. The van der Waals surface area contributed by atoms with Gasteiger partial charge in [0.15, 0.2) is 5.78 Å². The molecule has 23 heavy (non-hydrogen) atoms. The maximum Gasteiger partial charge on any atom is 0.416 e. The van der Waals surface area contributed by atoms with Crippen molar-refractivity contribution in [2.75, 3.05) is 0 Å². The van der Waals surface area contributed by atoms with Crippen LogP contribution in [0.2, 0.25) is 0 Å². The summed E-state index contributed by atoms with van der Waals surface area (Å²) >= 11 is 0. The minimum absolute atomic E-state index is 0.146. The number of aldehydes is 1. The van der Waals surface area contributed by atoms with Crippen LogP contribution in [0.3, 0.4) is 0 Å². The molecule has 2 aromatic carbocycles. The van der Waals surface area contributed by atoms with Gasteiger partial charge in [0.25, 0.3) is 0 Å². The fourth-order valence-electron chi connectivity index (χ4n) is 2.96. The first-order chi connectivity index (χ1) is 10.9. The van der Waals surface area contributed by atoms with Gasteiger partial charge < -0.3 is 4.79 Å². The Morgan fingerprint density at radius 1 is 0.957 bits per heavy atom. The van der Waals surface area contributed by atoms with E-state index in [1.165, 1.54) is 12.1 Å². The van der Waals surface area contributed by atoms with Crippen molar-refractivity contribution in [3.63, 3.8) is 0 Å². The van der Waals surface area contributed by atoms with E-state index in [-0.39, 0.29) is 11.7 Å². The van der Waals surface area contributed by atoms with Gasteiger partial charge in [-0.2, -0.15) is 13.2 Å². The van der Waals surface area contributed by atoms with E-state index >= 15 is 0 Å². The Morgan fingerprint density at radius 3 is 2.09 bits per heavy atom. The van der Waals surface area contributed by atoms with Crippen LogP contribution in [-0.2, 0) is 11.0 Å². The number of carbonyl (C=O) groups excluding carboxylic acids is 2. The zero-order chi connectivity index (χ0) is 16.6. The van der Waals surface area contributed by atoms with E-state index in [9.17, 15) is 22.8 Å². The van der Waals surface area contributed by atoms with E-state index in [4.69, 9.17) is 0 Å². The van der Waals surface area contributed by atoms with E-state index in [0.29, 0.717) is 17.4 Å². The van der Waals surface area contributed by atoms with E-state index in [1.54, 1.807) is 30.3 Å². The van der Waals surface area contributed by atoms with Gasteiger partial charge in [0.1, 0.15) is 6.29 Å². The van der Waals surface area contributed by atoms with Crippen LogP contribution in [-0.4, -0.2) is 12.1 Å². The molecule has 0 heterocycles. The minimum Gasteiger partial charge on any atom is -0.303 e. The Morgan fingerprint density at radius 2 is 1.57 bits per heavy atom. The van der Waals surface area contributed by atoms with Gasteiger partial charge in [0.05, 0.1) is 5.56 Å². The van der Waals surface area contributed by atoms with E-state index < -0.39 is 23.6 Å². The minimum atomic E-state index is -4.40. The molecule has 2 nitrogen and oxygen atoms in total. The van der Waals surface area contributed by atoms with Crippen LogP contribution >= 0.6 is 0 Å². The fourth-order valence-corrected chi connectivity index (χ4v) is 2.96. The maximum atomic E-state index is 12.6. The van der Waals surface area contributed by atoms with Crippen molar-refractivity contribution in [1.82, 2.24) is 0 Å². The quantitative estimate of drug-likeness (QED) is 0.628. The second kappa shape index (κ2) is 5.65. The SMILES string of the molecule is O=C[C@H]1[C@@H](C(=O)c2ccccc2)[C@@H]1c1ccc(C(F)(F)F)cc1. The number of hydrogen-bond acceptors (Lipinski definition) is 2. The molecule has 2 aromatic rings. The Kier molecular flexibility index (Phi) is 3.80. The first kappa shape index (κ1) is 15.5. The molecule has 0 radical (unpaired) electrons. The zero-order valence-electron chi connectivity index (χ0n) is 12.0. The highest BCUT2D eigenvalue weighted by molar-refractivity contribution is 6.03. The summed E-state index contributed by atoms with van der Waals surface area (Å²) in [4.78, 5) is 23.6. The molecule has 0 unspecified atom stereocenters. The van der Waals surface area contributed by atoms with Crippen LogP contribution in [0, 0.1) is 11.8 Å². The van der Waals surface area contributed by atoms with Crippen LogP contribution in [0.15, 0.2) is 54.6 Å². The molecule has 5 heteroatoms. The topological polar surface area (TPSA) is 34.1 Å². The van der Waals surface area contributed by atoms with E-state index in [0.717, 1.165) is 12.1 Å². The Labute approximate surface area is 130 Å². The van der Waals surface area contributed by atoms with Gasteiger partial charge in [-0.25, -0.2) is 0 Å². The summed E-state index contributed by atoms with van der Waals surface area (Å²) in [5.74, 6) is -1.46. The smallest absolute Gasteiger partial charge is 0.303 e. The number of ketones is 1. The molecule has 0 aliphatic heterocycles. The number of rotatable bonds is 4. The molecule has 3 atom stereocenters. The second-order valence-electron chi connectivity index (χ2n) is 5.62. The van der Waals surface area contributed by atoms with Gasteiger partial charge in [0, 0.05) is 23.3 Å². The third kappa shape index (κ3) is 2.91. The summed E-state index contributed by atoms with van der Waals surface area (Å²) < 4.78 is 37.8. The summed E-state index contributed by atoms with van der Waals surface area (Å²) in [5, 5.41) is 0. The Balaban J connectivity index is 1.83. The van der Waals surface area contributed by atoms with Gasteiger partial charge in [0.2, 0.25) is 0 Å². The molecule has 1 saturated carbocycles. The molecule has 0 amide bonds. The van der Waals surface area contributed by atoms with Crippen molar-refractivity contribution in [1.29, 1.82) is 0 Å². The summed E-state index contributed by atoms with van der Waals surface area (Å²) in [6.45, 7) is 0. The normalized spacial score (nSPS) is 23.3. The molecule has 1 fully saturated rings. The van der Waals surface area contributed by atoms with Gasteiger partial charge in [-0.05, 0) is 17.7 Å². The Bertz CT molecular complexity index is 720. The number of halogens is 3. The lowest BCUT2D eigenvalue weighted by molar-refractivity contribution is -0.137. The molecule has 0 spiro atoms. The lowest BCUT2D eigenvalue weighted by Gasteiger charge is -2.07. The van der Waals surface area contributed by atoms with Crippen molar-refractivity contribution in [3.05, 3.63) is 71.3 Å². The van der Waals surface area contributed by atoms with Crippen LogP contribution in [0.5, 0.6) is 0 Å². The summed E-state index contributed by atoms with van der Waals surface area (Å²) in [6, 6.07) is 13.3. The van der Waals surface area contributed by atoms with E-state index in [2.05, 4.69) is 0 Å². The van der Waals surface area contributed by atoms with Crippen molar-refractivity contribution in [3.8, 4) is 0 Å². The maximum absolute atomic E-state index is 12.6. The molecular weight excluding hydrogens is 305 g/mol. The largest absolute Gasteiger partial charge is 0.416 e. The highest BCUT2D eigenvalue weighted by Crippen LogP contribution is 2.54. The molecule has 118 valence electrons. The van der Waals surface area contributed by atoms with Crippen LogP contribution in [0.4, 0.5) is 13.2 Å². The number of benzene rings is 2. The molecule has 3 rings (SSSR count). The molecule has 1 aliphatic carbocycles. The fraction of sp³-hybridized carbons (Fsp3) is 0.222. The van der Waals surface area contributed by atoms with Crippen molar-refractivity contribution >= 4 is 12.1 Å². The van der Waals surface area contributed by atoms with E-state index in [1.807, 2.05) is 0 Å². The van der Waals surface area contributed by atoms with Crippen LogP contribution in [0.25, 0.3) is 0 Å². The predicted molar refractivity (Wildman–Crippen MR) is 78.0 cm³/mol. The lowest BCUT2D eigenvalue weighted by atomic mass is 10.0. The molecule has 0 N–H and O–H groups in total. The molecule has 0 bridgehead atoms. The monoisotopic (exact) mass is 318 g/mol. The molecule has 0 saturated heterocycles.